The first-order chi connectivity index (χ1) is 19.3. The number of aromatic nitrogens is 3. The molecule has 0 aliphatic heterocycles. The minimum atomic E-state index is -1.30. The smallest absolute Gasteiger partial charge is 0.230 e. The van der Waals surface area contributed by atoms with Crippen LogP contribution in [0.15, 0.2) is 67.3 Å². The van der Waals surface area contributed by atoms with Crippen molar-refractivity contribution in [1.29, 1.82) is 0 Å². The summed E-state index contributed by atoms with van der Waals surface area (Å²) in [7, 11) is 1.92. The van der Waals surface area contributed by atoms with Crippen LogP contribution < -0.4 is 4.90 Å². The van der Waals surface area contributed by atoms with Gasteiger partial charge in [-0.15, -0.1) is 0 Å². The molecule has 0 N–H and O–H groups in total. The summed E-state index contributed by atoms with van der Waals surface area (Å²) in [5, 5.41) is 0. The molecule has 198 valence electrons. The monoisotopic (exact) mass is 523 g/mol. The molecule has 1 amide bonds. The zero-order valence-electron chi connectivity index (χ0n) is 23.0. The number of ketones is 1. The number of carbonyl (C=O) groups is 2. The number of aryl methyl sites for hydroxylation is 1. The van der Waals surface area contributed by atoms with E-state index in [0.29, 0.717) is 28.7 Å². The second-order valence-corrected chi connectivity index (χ2v) is 10.8. The maximum Gasteiger partial charge on any atom is 0.230 e. The lowest BCUT2D eigenvalue weighted by Gasteiger charge is -2.30. The van der Waals surface area contributed by atoms with Gasteiger partial charge < -0.3 is 9.47 Å². The van der Waals surface area contributed by atoms with E-state index in [1.54, 1.807) is 36.8 Å². The van der Waals surface area contributed by atoms with E-state index in [1.807, 2.05) is 29.8 Å². The van der Waals surface area contributed by atoms with Gasteiger partial charge in [-0.1, -0.05) is 24.6 Å². The Hall–Kier alpha value is -4.13. The van der Waals surface area contributed by atoms with Crippen molar-refractivity contribution in [2.24, 2.45) is 24.8 Å². The summed E-state index contributed by atoms with van der Waals surface area (Å²) in [4.78, 5) is 35.6. The van der Waals surface area contributed by atoms with Crippen molar-refractivity contribution in [1.82, 2.24) is 14.5 Å². The number of imidazole rings is 1. The van der Waals surface area contributed by atoms with Crippen LogP contribution >= 0.6 is 0 Å². The third kappa shape index (κ3) is 5.01. The predicted octanol–water partition coefficient (Wildman–Crippen LogP) is 6.35. The largest absolute Gasteiger partial charge is 0.334 e. The Morgan fingerprint density at radius 3 is 2.69 bits per heavy atom. The number of halogens is 1. The normalized spacial score (nSPS) is 21.4. The molecule has 6 rings (SSSR count). The van der Waals surface area contributed by atoms with Crippen molar-refractivity contribution in [2.45, 2.75) is 39.1 Å². The van der Waals surface area contributed by atoms with Crippen LogP contribution in [0.25, 0.3) is 28.2 Å². The van der Waals surface area contributed by atoms with Crippen molar-refractivity contribution in [3.63, 3.8) is 0 Å². The van der Waals surface area contributed by atoms with Crippen molar-refractivity contribution >= 4 is 34.5 Å². The molecule has 2 heterocycles. The zero-order chi connectivity index (χ0) is 28.0. The number of fused-ring (bicyclic) bond motifs is 3. The number of amides is 1. The molecule has 39 heavy (non-hydrogen) atoms. The van der Waals surface area contributed by atoms with E-state index in [4.69, 9.17) is 1.37 Å². The van der Waals surface area contributed by atoms with Gasteiger partial charge in [-0.25, -0.2) is 9.37 Å². The van der Waals surface area contributed by atoms with Crippen molar-refractivity contribution in [3.8, 4) is 11.1 Å². The Kier molecular flexibility index (Phi) is 6.27. The summed E-state index contributed by atoms with van der Waals surface area (Å²) >= 11 is 0. The summed E-state index contributed by atoms with van der Waals surface area (Å²) < 4.78 is 26.8. The molecule has 2 aliphatic rings. The van der Waals surface area contributed by atoms with E-state index in [1.165, 1.54) is 30.2 Å². The van der Waals surface area contributed by atoms with Crippen molar-refractivity contribution in [2.75, 3.05) is 4.90 Å². The molecule has 0 saturated heterocycles. The minimum absolute atomic E-state index is 0.108. The van der Waals surface area contributed by atoms with Gasteiger partial charge in [-0.05, 0) is 91.1 Å². The van der Waals surface area contributed by atoms with E-state index in [2.05, 4.69) is 9.97 Å². The Labute approximate surface area is 228 Å². The summed E-state index contributed by atoms with van der Waals surface area (Å²) in [6, 6.07) is 12.3. The summed E-state index contributed by atoms with van der Waals surface area (Å²) in [5.41, 5.74) is 4.46. The quantitative estimate of drug-likeness (QED) is 0.265. The molecule has 2 aromatic heterocycles. The fourth-order valence-electron chi connectivity index (χ4n) is 6.14. The van der Waals surface area contributed by atoms with E-state index >= 15 is 4.39 Å². The van der Waals surface area contributed by atoms with Gasteiger partial charge in [-0.3, -0.25) is 14.6 Å². The molecule has 2 bridgehead atoms. The number of benzene rings is 2. The van der Waals surface area contributed by atoms with Crippen LogP contribution in [0.5, 0.6) is 0 Å². The van der Waals surface area contributed by atoms with Crippen molar-refractivity contribution in [3.05, 3.63) is 84.2 Å². The number of anilines is 1. The zero-order valence-corrected chi connectivity index (χ0v) is 22.0. The number of carbonyl (C=O) groups excluding carboxylic acids is 2. The third-order valence-electron chi connectivity index (χ3n) is 8.15. The molecule has 2 aliphatic carbocycles. The van der Waals surface area contributed by atoms with Gasteiger partial charge >= 0.3 is 0 Å². The van der Waals surface area contributed by atoms with E-state index < -0.39 is 12.3 Å². The predicted molar refractivity (Wildman–Crippen MR) is 150 cm³/mol. The average Bonchev–Trinajstić information content (AvgIpc) is 3.68. The first-order valence-corrected chi connectivity index (χ1v) is 13.4. The van der Waals surface area contributed by atoms with Crippen LogP contribution in [-0.2, 0) is 23.2 Å². The van der Waals surface area contributed by atoms with Crippen LogP contribution in [0.2, 0.25) is 0 Å². The van der Waals surface area contributed by atoms with Gasteiger partial charge in [0.25, 0.3) is 0 Å². The van der Waals surface area contributed by atoms with Gasteiger partial charge in [0.05, 0.1) is 37.1 Å². The van der Waals surface area contributed by atoms with E-state index in [9.17, 15) is 9.59 Å². The fraction of sp³-hybridized carbons (Fsp3) is 0.312. The molecule has 7 heteroatoms. The maximum atomic E-state index is 15.7. The second kappa shape index (κ2) is 10.2. The number of allylic oxidation sites excluding steroid dienone is 1. The molecule has 1 unspecified atom stereocenters. The Morgan fingerprint density at radius 1 is 1.13 bits per heavy atom. The molecule has 6 nitrogen and oxygen atoms in total. The van der Waals surface area contributed by atoms with Crippen molar-refractivity contribution < 1.29 is 15.4 Å². The molecule has 4 atom stereocenters. The molecular formula is C32H31FN4O2. The minimum Gasteiger partial charge on any atom is -0.334 e. The highest BCUT2D eigenvalue weighted by Crippen LogP contribution is 2.49. The van der Waals surface area contributed by atoms with Gasteiger partial charge in [0.2, 0.25) is 5.91 Å². The highest BCUT2D eigenvalue weighted by Gasteiger charge is 2.44. The van der Waals surface area contributed by atoms with Gasteiger partial charge in [0.1, 0.15) is 5.82 Å². The molecule has 4 aromatic rings. The first kappa shape index (κ1) is 23.9. The number of rotatable bonds is 7. The maximum absolute atomic E-state index is 15.7. The Balaban J connectivity index is 1.36. The molecular weight excluding hydrogens is 491 g/mol. The van der Waals surface area contributed by atoms with Crippen LogP contribution in [0.4, 0.5) is 10.1 Å². The standard InChI is InChI=1S/C32H31FN4O2/c1-20(38)3-4-22-12-27(17-34-16-22)37(32(39)28-13-21-5-6-25(28)11-21)18-26-8-7-23(14-29(26)33)24-9-10-31-30(15-24)35-19-36(31)2/h3-4,7-10,12,14-17,19,21,25,28H,5-6,11,13,18H2,1-2H3/b4-3+/t21-,25+,28-/m1/s1/i18D/t18?,21-,25+,28-. The summed E-state index contributed by atoms with van der Waals surface area (Å²) in [5.74, 6) is -0.163. The molecule has 0 radical (unpaired) electrons. The summed E-state index contributed by atoms with van der Waals surface area (Å²) in [6.45, 7) is 0.159. The van der Waals surface area contributed by atoms with E-state index in [-0.39, 0.29) is 23.2 Å². The van der Waals surface area contributed by atoms with Gasteiger partial charge in [0, 0.05) is 24.7 Å². The van der Waals surface area contributed by atoms with Crippen LogP contribution in [-0.4, -0.2) is 26.2 Å². The lowest BCUT2D eigenvalue weighted by molar-refractivity contribution is -0.124. The number of hydrogen-bond donors (Lipinski definition) is 0. The SMILES string of the molecule is [2H]C(c1ccc(-c2ccc3c(c2)ncn3C)cc1F)N(C(=O)[C@@H]1C[C@@H]2CC[C@H]1C2)c1cncc(/C=C/C(C)=O)c1. The highest BCUT2D eigenvalue weighted by molar-refractivity contribution is 5.96. The molecule has 2 fully saturated rings. The Bertz CT molecular complexity index is 1650. The van der Waals surface area contributed by atoms with Crippen LogP contribution in [0.1, 0.15) is 45.1 Å². The molecule has 2 saturated carbocycles. The van der Waals surface area contributed by atoms with Crippen LogP contribution in [0, 0.1) is 23.6 Å². The number of nitrogens with zero attached hydrogens (tertiary/aromatic N) is 4. The lowest BCUT2D eigenvalue weighted by atomic mass is 9.87. The fourth-order valence-corrected chi connectivity index (χ4v) is 6.14. The summed E-state index contributed by atoms with van der Waals surface area (Å²) in [6.07, 6.45) is 11.9. The first-order valence-electron chi connectivity index (χ1n) is 14.0. The Morgan fingerprint density at radius 2 is 1.95 bits per heavy atom. The van der Waals surface area contributed by atoms with Gasteiger partial charge in [0.15, 0.2) is 5.78 Å². The topological polar surface area (TPSA) is 68.1 Å². The molecule has 0 spiro atoms. The highest BCUT2D eigenvalue weighted by atomic mass is 19.1. The second-order valence-electron chi connectivity index (χ2n) is 10.8. The average molecular weight is 524 g/mol. The number of hydrogen-bond acceptors (Lipinski definition) is 4. The third-order valence-corrected chi connectivity index (χ3v) is 8.15. The van der Waals surface area contributed by atoms with Gasteiger partial charge in [-0.2, -0.15) is 0 Å². The number of pyridine rings is 1. The van der Waals surface area contributed by atoms with E-state index in [0.717, 1.165) is 42.3 Å². The van der Waals surface area contributed by atoms with Crippen LogP contribution in [0.3, 0.4) is 0 Å². The molecule has 2 aromatic carbocycles. The lowest BCUT2D eigenvalue weighted by Crippen LogP contribution is -2.38.